The Bertz CT molecular complexity index is 341. The standard InChI is InChI=1S/C9H7FIN/c1-2-6-3-7(5-12)9(10)8(11)4-6/h3-4H,2H2,1H3. The predicted molar refractivity (Wildman–Crippen MR) is 53.2 cm³/mol. The molecule has 3 heteroatoms. The summed E-state index contributed by atoms with van der Waals surface area (Å²) in [6.07, 6.45) is 0.824. The lowest BCUT2D eigenvalue weighted by molar-refractivity contribution is 0.615. The molecule has 0 spiro atoms. The van der Waals surface area contributed by atoms with Crippen molar-refractivity contribution in [2.24, 2.45) is 0 Å². The maximum absolute atomic E-state index is 13.1. The van der Waals surface area contributed by atoms with Crippen LogP contribution in [-0.2, 0) is 6.42 Å². The van der Waals surface area contributed by atoms with Crippen molar-refractivity contribution in [1.29, 1.82) is 5.26 Å². The fraction of sp³-hybridized carbons (Fsp3) is 0.222. The molecule has 62 valence electrons. The summed E-state index contributed by atoms with van der Waals surface area (Å²) < 4.78 is 13.6. The summed E-state index contributed by atoms with van der Waals surface area (Å²) in [6, 6.07) is 5.19. The van der Waals surface area contributed by atoms with Gasteiger partial charge in [-0.2, -0.15) is 5.26 Å². The minimum Gasteiger partial charge on any atom is -0.204 e. The third-order valence-corrected chi connectivity index (χ3v) is 2.40. The Morgan fingerprint density at radius 3 is 2.75 bits per heavy atom. The number of halogens is 2. The average molecular weight is 275 g/mol. The van der Waals surface area contributed by atoms with E-state index in [1.54, 1.807) is 12.1 Å². The highest BCUT2D eigenvalue weighted by molar-refractivity contribution is 14.1. The summed E-state index contributed by atoms with van der Waals surface area (Å²) in [4.78, 5) is 0. The highest BCUT2D eigenvalue weighted by atomic mass is 127. The molecule has 1 aromatic rings. The van der Waals surface area contributed by atoms with Crippen LogP contribution in [0.2, 0.25) is 0 Å². The van der Waals surface area contributed by atoms with Gasteiger partial charge in [-0.05, 0) is 46.7 Å². The number of rotatable bonds is 1. The summed E-state index contributed by atoms with van der Waals surface area (Å²) in [5, 5.41) is 8.57. The second kappa shape index (κ2) is 3.85. The zero-order valence-corrected chi connectivity index (χ0v) is 8.72. The molecule has 0 fully saturated rings. The molecular formula is C9H7FIN. The fourth-order valence-corrected chi connectivity index (χ4v) is 1.62. The van der Waals surface area contributed by atoms with E-state index >= 15 is 0 Å². The van der Waals surface area contributed by atoms with Crippen molar-refractivity contribution < 1.29 is 4.39 Å². The van der Waals surface area contributed by atoms with E-state index in [2.05, 4.69) is 0 Å². The van der Waals surface area contributed by atoms with Crippen LogP contribution in [0.15, 0.2) is 12.1 Å². The quantitative estimate of drug-likeness (QED) is 0.723. The van der Waals surface area contributed by atoms with E-state index in [9.17, 15) is 4.39 Å². The van der Waals surface area contributed by atoms with Crippen molar-refractivity contribution in [2.75, 3.05) is 0 Å². The van der Waals surface area contributed by atoms with Gasteiger partial charge in [0.25, 0.3) is 0 Å². The van der Waals surface area contributed by atoms with Gasteiger partial charge in [0.05, 0.1) is 9.13 Å². The van der Waals surface area contributed by atoms with Gasteiger partial charge >= 0.3 is 0 Å². The summed E-state index contributed by atoms with van der Waals surface area (Å²) in [7, 11) is 0. The maximum Gasteiger partial charge on any atom is 0.154 e. The monoisotopic (exact) mass is 275 g/mol. The lowest BCUT2D eigenvalue weighted by atomic mass is 10.1. The van der Waals surface area contributed by atoms with Crippen LogP contribution in [0.4, 0.5) is 4.39 Å². The third kappa shape index (κ3) is 1.75. The first-order chi connectivity index (χ1) is 5.69. The Balaban J connectivity index is 3.31. The van der Waals surface area contributed by atoms with Crippen molar-refractivity contribution >= 4 is 22.6 Å². The molecule has 1 aromatic carbocycles. The molecule has 12 heavy (non-hydrogen) atoms. The molecule has 0 saturated heterocycles. The van der Waals surface area contributed by atoms with Crippen LogP contribution in [0.3, 0.4) is 0 Å². The Labute approximate surface area is 84.3 Å². The highest BCUT2D eigenvalue weighted by Gasteiger charge is 2.06. The first-order valence-corrected chi connectivity index (χ1v) is 4.65. The maximum atomic E-state index is 13.1. The van der Waals surface area contributed by atoms with E-state index in [-0.39, 0.29) is 5.56 Å². The van der Waals surface area contributed by atoms with Gasteiger partial charge in [0.2, 0.25) is 0 Å². The molecule has 0 atom stereocenters. The number of nitriles is 1. The molecule has 0 aliphatic carbocycles. The summed E-state index contributed by atoms with van der Waals surface area (Å²) in [5.74, 6) is -0.407. The topological polar surface area (TPSA) is 23.8 Å². The van der Waals surface area contributed by atoms with E-state index in [4.69, 9.17) is 5.26 Å². The predicted octanol–water partition coefficient (Wildman–Crippen LogP) is 2.86. The average Bonchev–Trinajstić information content (AvgIpc) is 2.09. The SMILES string of the molecule is CCc1cc(I)c(F)c(C#N)c1. The van der Waals surface area contributed by atoms with Gasteiger partial charge in [-0.3, -0.25) is 0 Å². The van der Waals surface area contributed by atoms with E-state index in [0.717, 1.165) is 12.0 Å². The Morgan fingerprint density at radius 1 is 1.58 bits per heavy atom. The van der Waals surface area contributed by atoms with Crippen LogP contribution in [0.5, 0.6) is 0 Å². The lowest BCUT2D eigenvalue weighted by Crippen LogP contribution is -1.92. The van der Waals surface area contributed by atoms with Crippen LogP contribution in [0.25, 0.3) is 0 Å². The molecule has 0 aliphatic rings. The number of aryl methyl sites for hydroxylation is 1. The molecule has 0 unspecified atom stereocenters. The second-order valence-electron chi connectivity index (χ2n) is 2.40. The Hall–Kier alpha value is -0.630. The number of hydrogen-bond acceptors (Lipinski definition) is 1. The van der Waals surface area contributed by atoms with Crippen LogP contribution >= 0.6 is 22.6 Å². The van der Waals surface area contributed by atoms with E-state index in [0.29, 0.717) is 3.57 Å². The molecule has 1 nitrogen and oxygen atoms in total. The third-order valence-electron chi connectivity index (χ3n) is 1.62. The van der Waals surface area contributed by atoms with Gasteiger partial charge in [-0.25, -0.2) is 4.39 Å². The molecule has 0 N–H and O–H groups in total. The lowest BCUT2D eigenvalue weighted by Gasteiger charge is -2.00. The fourth-order valence-electron chi connectivity index (χ4n) is 0.931. The second-order valence-corrected chi connectivity index (χ2v) is 3.57. The highest BCUT2D eigenvalue weighted by Crippen LogP contribution is 2.17. The molecule has 0 radical (unpaired) electrons. The summed E-state index contributed by atoms with van der Waals surface area (Å²) in [6.45, 7) is 1.98. The summed E-state index contributed by atoms with van der Waals surface area (Å²) in [5.41, 5.74) is 1.14. The van der Waals surface area contributed by atoms with Crippen LogP contribution in [0, 0.1) is 20.7 Å². The van der Waals surface area contributed by atoms with Gasteiger partial charge in [0.15, 0.2) is 5.82 Å². The van der Waals surface area contributed by atoms with Crippen LogP contribution < -0.4 is 0 Å². The smallest absolute Gasteiger partial charge is 0.154 e. The van der Waals surface area contributed by atoms with Gasteiger partial charge in [-0.15, -0.1) is 0 Å². The number of hydrogen-bond donors (Lipinski definition) is 0. The van der Waals surface area contributed by atoms with E-state index < -0.39 is 5.82 Å². The van der Waals surface area contributed by atoms with Crippen LogP contribution in [-0.4, -0.2) is 0 Å². The number of benzene rings is 1. The molecule has 0 heterocycles. The van der Waals surface area contributed by atoms with Crippen molar-refractivity contribution in [3.05, 3.63) is 32.6 Å². The largest absolute Gasteiger partial charge is 0.204 e. The first kappa shape index (κ1) is 9.46. The molecule has 0 saturated carbocycles. The molecule has 0 aliphatic heterocycles. The normalized spacial score (nSPS) is 9.50. The summed E-state index contributed by atoms with van der Waals surface area (Å²) >= 11 is 1.90. The molecular weight excluding hydrogens is 268 g/mol. The Kier molecular flexibility index (Phi) is 3.04. The van der Waals surface area contributed by atoms with E-state index in [1.165, 1.54) is 0 Å². The minimum atomic E-state index is -0.407. The van der Waals surface area contributed by atoms with Gasteiger partial charge in [0.1, 0.15) is 6.07 Å². The molecule has 0 aromatic heterocycles. The molecule has 0 bridgehead atoms. The van der Waals surface area contributed by atoms with Gasteiger partial charge < -0.3 is 0 Å². The van der Waals surface area contributed by atoms with E-state index in [1.807, 2.05) is 35.6 Å². The van der Waals surface area contributed by atoms with Crippen molar-refractivity contribution in [2.45, 2.75) is 13.3 Å². The van der Waals surface area contributed by atoms with Crippen molar-refractivity contribution in [3.63, 3.8) is 0 Å². The molecule has 0 amide bonds. The van der Waals surface area contributed by atoms with Crippen molar-refractivity contribution in [1.82, 2.24) is 0 Å². The van der Waals surface area contributed by atoms with Crippen LogP contribution in [0.1, 0.15) is 18.1 Å². The number of nitrogens with zero attached hydrogens (tertiary/aromatic N) is 1. The first-order valence-electron chi connectivity index (χ1n) is 3.57. The molecule has 1 rings (SSSR count). The van der Waals surface area contributed by atoms with Crippen molar-refractivity contribution in [3.8, 4) is 6.07 Å². The zero-order chi connectivity index (χ0) is 9.14. The zero-order valence-electron chi connectivity index (χ0n) is 6.56. The van der Waals surface area contributed by atoms with Gasteiger partial charge in [-0.1, -0.05) is 6.92 Å². The van der Waals surface area contributed by atoms with Gasteiger partial charge in [0, 0.05) is 0 Å². The minimum absolute atomic E-state index is 0.138. The Morgan fingerprint density at radius 2 is 2.25 bits per heavy atom.